The maximum atomic E-state index is 14.4. The van der Waals surface area contributed by atoms with Crippen molar-refractivity contribution in [3.8, 4) is 22.7 Å². The Morgan fingerprint density at radius 2 is 1.72 bits per heavy atom. The van der Waals surface area contributed by atoms with E-state index in [1.807, 2.05) is 29.7 Å². The first-order valence-electron chi connectivity index (χ1n) is 11.5. The van der Waals surface area contributed by atoms with E-state index in [1.165, 1.54) is 24.3 Å². The van der Waals surface area contributed by atoms with Crippen LogP contribution in [0.25, 0.3) is 16.9 Å². The molecule has 0 saturated carbocycles. The second kappa shape index (κ2) is 10.1. The highest BCUT2D eigenvalue weighted by molar-refractivity contribution is 8.00. The summed E-state index contributed by atoms with van der Waals surface area (Å²) in [7, 11) is 0. The van der Waals surface area contributed by atoms with Crippen molar-refractivity contribution in [2.45, 2.75) is 20.0 Å². The molecule has 1 N–H and O–H groups in total. The monoisotopic (exact) mass is 506 g/mol. The molecule has 0 unspecified atom stereocenters. The van der Waals surface area contributed by atoms with Gasteiger partial charge in [0, 0.05) is 34.9 Å². The molecule has 0 spiro atoms. The molecule has 0 aliphatic carbocycles. The van der Waals surface area contributed by atoms with Crippen LogP contribution in [0.15, 0.2) is 72.8 Å². The normalized spacial score (nSPS) is 13.2. The van der Waals surface area contributed by atoms with E-state index in [-0.39, 0.29) is 18.0 Å². The summed E-state index contributed by atoms with van der Waals surface area (Å²) in [5.74, 6) is -0.311. The van der Waals surface area contributed by atoms with Crippen LogP contribution >= 0.6 is 11.9 Å². The van der Waals surface area contributed by atoms with Crippen LogP contribution in [0.4, 0.5) is 14.5 Å². The number of rotatable bonds is 7. The van der Waals surface area contributed by atoms with Crippen molar-refractivity contribution in [1.29, 1.82) is 0 Å². The van der Waals surface area contributed by atoms with E-state index in [4.69, 9.17) is 4.74 Å². The number of ether oxygens (including phenoxy) is 1. The van der Waals surface area contributed by atoms with Gasteiger partial charge in [0.15, 0.2) is 0 Å². The molecule has 5 nitrogen and oxygen atoms in total. The molecule has 1 aromatic heterocycles. The first-order valence-corrected chi connectivity index (χ1v) is 12.5. The number of carbonyl (C=O) groups is 1. The quantitative estimate of drug-likeness (QED) is 0.277. The summed E-state index contributed by atoms with van der Waals surface area (Å²) in [6.45, 7) is 2.94. The molecule has 5 rings (SSSR count). The van der Waals surface area contributed by atoms with E-state index >= 15 is 0 Å². The lowest BCUT2D eigenvalue weighted by Gasteiger charge is -2.20. The SMILES string of the molecule is Cc1ccc(-c2cc(F)ccc2OCc2ccc(F)cc2)n1-c1cc(C(=O)O)cc(N2CCCS2)c1. The summed E-state index contributed by atoms with van der Waals surface area (Å²) >= 11 is 1.67. The molecule has 184 valence electrons. The van der Waals surface area contributed by atoms with Crippen molar-refractivity contribution >= 4 is 23.6 Å². The van der Waals surface area contributed by atoms with Gasteiger partial charge in [-0.05, 0) is 91.5 Å². The van der Waals surface area contributed by atoms with E-state index in [2.05, 4.69) is 4.31 Å². The summed E-state index contributed by atoms with van der Waals surface area (Å²) in [5, 5.41) is 9.78. The van der Waals surface area contributed by atoms with Crippen molar-refractivity contribution in [2.24, 2.45) is 0 Å². The smallest absolute Gasteiger partial charge is 0.335 e. The minimum atomic E-state index is -1.01. The van der Waals surface area contributed by atoms with Crippen molar-refractivity contribution < 1.29 is 23.4 Å². The molecule has 1 saturated heterocycles. The summed E-state index contributed by atoms with van der Waals surface area (Å²) in [6, 6.07) is 19.4. The predicted octanol–water partition coefficient (Wildman–Crippen LogP) is 6.87. The minimum Gasteiger partial charge on any atom is -0.488 e. The highest BCUT2D eigenvalue weighted by Crippen LogP contribution is 2.37. The molecule has 2 heterocycles. The van der Waals surface area contributed by atoms with Gasteiger partial charge in [-0.1, -0.05) is 12.1 Å². The molecular formula is C28H24F2N2O3S. The van der Waals surface area contributed by atoms with Crippen molar-refractivity contribution in [2.75, 3.05) is 16.6 Å². The third-order valence-electron chi connectivity index (χ3n) is 6.05. The first-order chi connectivity index (χ1) is 17.4. The van der Waals surface area contributed by atoms with Crippen molar-refractivity contribution in [3.63, 3.8) is 0 Å². The van der Waals surface area contributed by atoms with Crippen LogP contribution in [0.5, 0.6) is 5.75 Å². The van der Waals surface area contributed by atoms with Gasteiger partial charge < -0.3 is 18.7 Å². The molecule has 0 amide bonds. The van der Waals surface area contributed by atoms with E-state index in [1.54, 1.807) is 42.3 Å². The van der Waals surface area contributed by atoms with Crippen LogP contribution < -0.4 is 9.04 Å². The fraction of sp³-hybridized carbons (Fsp3) is 0.179. The average molecular weight is 507 g/mol. The summed E-state index contributed by atoms with van der Waals surface area (Å²) in [4.78, 5) is 11.9. The summed E-state index contributed by atoms with van der Waals surface area (Å²) < 4.78 is 37.7. The number of halogens is 2. The first kappa shape index (κ1) is 23.9. The molecule has 0 radical (unpaired) electrons. The zero-order chi connectivity index (χ0) is 25.2. The van der Waals surface area contributed by atoms with Crippen molar-refractivity contribution in [3.05, 3.63) is 101 Å². The average Bonchev–Trinajstić information content (AvgIpc) is 3.54. The Labute approximate surface area is 212 Å². The predicted molar refractivity (Wildman–Crippen MR) is 138 cm³/mol. The van der Waals surface area contributed by atoms with Crippen LogP contribution in [-0.2, 0) is 6.61 Å². The third kappa shape index (κ3) is 4.95. The Kier molecular flexibility index (Phi) is 6.69. The number of hydrogen-bond donors (Lipinski definition) is 1. The number of anilines is 1. The van der Waals surface area contributed by atoms with Gasteiger partial charge in [0.2, 0.25) is 0 Å². The Bertz CT molecular complexity index is 1410. The number of aromatic nitrogens is 1. The number of carboxylic acids is 1. The molecule has 0 bridgehead atoms. The van der Waals surface area contributed by atoms with Crippen LogP contribution in [0.2, 0.25) is 0 Å². The molecular weight excluding hydrogens is 482 g/mol. The van der Waals surface area contributed by atoms with E-state index < -0.39 is 11.8 Å². The minimum absolute atomic E-state index is 0.182. The number of carboxylic acid groups (broad SMARTS) is 1. The topological polar surface area (TPSA) is 54.7 Å². The van der Waals surface area contributed by atoms with Gasteiger partial charge in [0.05, 0.1) is 11.3 Å². The Balaban J connectivity index is 1.57. The number of aryl methyl sites for hydroxylation is 1. The summed E-state index contributed by atoms with van der Waals surface area (Å²) in [5.41, 5.74) is 4.51. The highest BCUT2D eigenvalue weighted by Gasteiger charge is 2.20. The van der Waals surface area contributed by atoms with Crippen LogP contribution in [0.3, 0.4) is 0 Å². The fourth-order valence-electron chi connectivity index (χ4n) is 4.30. The largest absolute Gasteiger partial charge is 0.488 e. The van der Waals surface area contributed by atoms with Crippen molar-refractivity contribution in [1.82, 2.24) is 4.57 Å². The maximum absolute atomic E-state index is 14.4. The molecule has 8 heteroatoms. The summed E-state index contributed by atoms with van der Waals surface area (Å²) in [6.07, 6.45) is 1.03. The van der Waals surface area contributed by atoms with Crippen LogP contribution in [0, 0.1) is 18.6 Å². The second-order valence-electron chi connectivity index (χ2n) is 8.58. The zero-order valence-electron chi connectivity index (χ0n) is 19.6. The van der Waals surface area contributed by atoms with E-state index in [0.29, 0.717) is 22.7 Å². The van der Waals surface area contributed by atoms with Gasteiger partial charge in [-0.3, -0.25) is 0 Å². The number of aromatic carboxylic acids is 1. The lowest BCUT2D eigenvalue weighted by molar-refractivity contribution is 0.0697. The lowest BCUT2D eigenvalue weighted by Crippen LogP contribution is -2.12. The highest BCUT2D eigenvalue weighted by atomic mass is 32.2. The molecule has 36 heavy (non-hydrogen) atoms. The number of benzene rings is 3. The Morgan fingerprint density at radius 3 is 2.44 bits per heavy atom. The molecule has 1 aliphatic heterocycles. The standard InChI is InChI=1S/C28H24F2N2O3S/c1-18-3-9-26(25-15-22(30)8-10-27(25)35-17-19-4-6-21(29)7-5-19)32(18)24-14-20(28(33)34)13-23(16-24)31-11-2-12-36-31/h3-10,13-16H,2,11-12,17H2,1H3,(H,33,34). The molecule has 3 aromatic carbocycles. The number of nitrogens with zero attached hydrogens (tertiary/aromatic N) is 2. The van der Waals surface area contributed by atoms with Crippen LogP contribution in [-0.4, -0.2) is 27.9 Å². The van der Waals surface area contributed by atoms with Gasteiger partial charge in [-0.25, -0.2) is 13.6 Å². The second-order valence-corrected chi connectivity index (χ2v) is 9.69. The lowest BCUT2D eigenvalue weighted by atomic mass is 10.1. The third-order valence-corrected chi connectivity index (χ3v) is 7.23. The van der Waals surface area contributed by atoms with Gasteiger partial charge in [-0.15, -0.1) is 0 Å². The van der Waals surface area contributed by atoms with Gasteiger partial charge >= 0.3 is 5.97 Å². The van der Waals surface area contributed by atoms with Gasteiger partial charge in [0.1, 0.15) is 24.0 Å². The van der Waals surface area contributed by atoms with E-state index in [9.17, 15) is 18.7 Å². The molecule has 4 aromatic rings. The molecule has 0 atom stereocenters. The fourth-order valence-corrected chi connectivity index (χ4v) is 5.30. The van der Waals surface area contributed by atoms with Crippen LogP contribution in [0.1, 0.15) is 28.0 Å². The number of hydrogen-bond acceptors (Lipinski definition) is 4. The molecule has 1 fully saturated rings. The van der Waals surface area contributed by atoms with E-state index in [0.717, 1.165) is 35.7 Å². The Hall–Kier alpha value is -3.78. The maximum Gasteiger partial charge on any atom is 0.335 e. The Morgan fingerprint density at radius 1 is 0.972 bits per heavy atom. The van der Waals surface area contributed by atoms with Gasteiger partial charge in [-0.2, -0.15) is 0 Å². The molecule has 1 aliphatic rings. The zero-order valence-corrected chi connectivity index (χ0v) is 20.4. The van der Waals surface area contributed by atoms with Gasteiger partial charge in [0.25, 0.3) is 0 Å².